The number of allylic oxidation sites excluding steroid dienone is 2. The fourth-order valence-electron chi connectivity index (χ4n) is 3.52. The normalized spacial score (nSPS) is 20.0. The number of amides is 1. The third-order valence-corrected chi connectivity index (χ3v) is 4.78. The predicted octanol–water partition coefficient (Wildman–Crippen LogP) is 0.333. The summed E-state index contributed by atoms with van der Waals surface area (Å²) in [7, 11) is 0. The summed E-state index contributed by atoms with van der Waals surface area (Å²) in [5.41, 5.74) is -2.33. The van der Waals surface area contributed by atoms with Crippen LogP contribution in [0.2, 0.25) is 0 Å². The average Bonchev–Trinajstić information content (AvgIpc) is 2.59. The van der Waals surface area contributed by atoms with E-state index in [0.717, 1.165) is 33.0 Å². The number of hydrogen-bond acceptors (Lipinski definition) is 4. The Hall–Kier alpha value is -2.64. The third-order valence-electron chi connectivity index (χ3n) is 4.78. The molecule has 1 aromatic rings. The SMILES string of the molecule is C=CCn1c(=O)n(CC=C)c(=O)n(CC(=O)N2[C@@H](C)CCC[C@@H]2C)c1=O. The van der Waals surface area contributed by atoms with Crippen molar-refractivity contribution >= 4 is 5.91 Å². The number of nitrogens with zero attached hydrogens (tertiary/aromatic N) is 4. The maximum Gasteiger partial charge on any atom is 0.337 e. The minimum absolute atomic E-state index is 0.0419. The van der Waals surface area contributed by atoms with Crippen LogP contribution in [0, 0.1) is 0 Å². The molecule has 0 spiro atoms. The van der Waals surface area contributed by atoms with E-state index in [9.17, 15) is 19.2 Å². The van der Waals surface area contributed by atoms with Gasteiger partial charge in [-0.05, 0) is 33.1 Å². The Labute approximate surface area is 151 Å². The lowest BCUT2D eigenvalue weighted by atomic mass is 9.97. The second-order valence-electron chi connectivity index (χ2n) is 6.66. The maximum atomic E-state index is 12.8. The Morgan fingerprint density at radius 3 is 1.77 bits per heavy atom. The van der Waals surface area contributed by atoms with Gasteiger partial charge in [0.2, 0.25) is 5.91 Å². The quantitative estimate of drug-likeness (QED) is 0.683. The van der Waals surface area contributed by atoms with Crippen LogP contribution in [-0.4, -0.2) is 36.6 Å². The van der Waals surface area contributed by atoms with Crippen molar-refractivity contribution in [2.45, 2.75) is 64.8 Å². The van der Waals surface area contributed by atoms with Crippen molar-refractivity contribution in [1.29, 1.82) is 0 Å². The van der Waals surface area contributed by atoms with Crippen LogP contribution in [0.1, 0.15) is 33.1 Å². The highest BCUT2D eigenvalue weighted by Gasteiger charge is 2.30. The van der Waals surface area contributed by atoms with E-state index in [2.05, 4.69) is 13.2 Å². The summed E-state index contributed by atoms with van der Waals surface area (Å²) in [6.07, 6.45) is 5.62. The van der Waals surface area contributed by atoms with Crippen molar-refractivity contribution < 1.29 is 4.79 Å². The standard InChI is InChI=1S/C18H26N4O4/c1-5-10-19-16(24)20(11-6-2)18(26)21(17(19)25)12-15(23)22-13(3)8-7-9-14(22)4/h5-6,13-14H,1-2,7-12H2,3-4H3/t13-,14-/m0/s1. The molecule has 1 aliphatic heterocycles. The lowest BCUT2D eigenvalue weighted by Crippen LogP contribution is -2.57. The molecule has 1 aromatic heterocycles. The first kappa shape index (κ1) is 19.7. The molecule has 0 saturated carbocycles. The highest BCUT2D eigenvalue weighted by molar-refractivity contribution is 5.76. The first-order valence-electron chi connectivity index (χ1n) is 8.80. The summed E-state index contributed by atoms with van der Waals surface area (Å²) in [4.78, 5) is 52.1. The molecule has 26 heavy (non-hydrogen) atoms. The molecule has 0 N–H and O–H groups in total. The Morgan fingerprint density at radius 2 is 1.35 bits per heavy atom. The fraction of sp³-hybridized carbons (Fsp3) is 0.556. The molecule has 1 fully saturated rings. The lowest BCUT2D eigenvalue weighted by molar-refractivity contribution is -0.138. The Morgan fingerprint density at radius 1 is 0.923 bits per heavy atom. The van der Waals surface area contributed by atoms with Gasteiger partial charge >= 0.3 is 17.1 Å². The van der Waals surface area contributed by atoms with Crippen LogP contribution in [-0.2, 0) is 24.4 Å². The van der Waals surface area contributed by atoms with Crippen LogP contribution >= 0.6 is 0 Å². The summed E-state index contributed by atoms with van der Waals surface area (Å²) in [6.45, 7) is 10.5. The van der Waals surface area contributed by atoms with Gasteiger partial charge in [-0.3, -0.25) is 4.79 Å². The molecule has 0 unspecified atom stereocenters. The van der Waals surface area contributed by atoms with Gasteiger partial charge in [0.1, 0.15) is 6.54 Å². The van der Waals surface area contributed by atoms with Gasteiger partial charge in [-0.2, -0.15) is 0 Å². The monoisotopic (exact) mass is 362 g/mol. The number of aromatic nitrogens is 3. The second-order valence-corrected chi connectivity index (χ2v) is 6.66. The van der Waals surface area contributed by atoms with Gasteiger partial charge in [-0.15, -0.1) is 13.2 Å². The molecule has 0 aliphatic carbocycles. The van der Waals surface area contributed by atoms with Gasteiger partial charge in [0, 0.05) is 12.1 Å². The van der Waals surface area contributed by atoms with Gasteiger partial charge in [0.25, 0.3) is 0 Å². The van der Waals surface area contributed by atoms with Crippen LogP contribution in [0.5, 0.6) is 0 Å². The first-order chi connectivity index (χ1) is 12.3. The number of likely N-dealkylation sites (tertiary alicyclic amines) is 1. The summed E-state index contributed by atoms with van der Waals surface area (Å²) in [5, 5.41) is 0. The Balaban J connectivity index is 2.51. The summed E-state index contributed by atoms with van der Waals surface area (Å²) in [5.74, 6) is -0.294. The van der Waals surface area contributed by atoms with Crippen molar-refractivity contribution in [2.75, 3.05) is 0 Å². The Bertz CT molecular complexity index is 818. The van der Waals surface area contributed by atoms with Crippen LogP contribution in [0.3, 0.4) is 0 Å². The summed E-state index contributed by atoms with van der Waals surface area (Å²) >= 11 is 0. The van der Waals surface area contributed by atoms with Crippen LogP contribution in [0.25, 0.3) is 0 Å². The third kappa shape index (κ3) is 3.63. The molecule has 0 bridgehead atoms. The molecule has 8 heteroatoms. The number of hydrogen-bond donors (Lipinski definition) is 0. The van der Waals surface area contributed by atoms with E-state index in [0.29, 0.717) is 0 Å². The number of rotatable bonds is 6. The zero-order chi connectivity index (χ0) is 19.4. The van der Waals surface area contributed by atoms with E-state index in [4.69, 9.17) is 0 Å². The zero-order valence-electron chi connectivity index (χ0n) is 15.4. The van der Waals surface area contributed by atoms with Gasteiger partial charge in [0.05, 0.1) is 13.1 Å². The van der Waals surface area contributed by atoms with E-state index in [1.807, 2.05) is 13.8 Å². The van der Waals surface area contributed by atoms with Crippen molar-refractivity contribution in [3.05, 3.63) is 56.8 Å². The van der Waals surface area contributed by atoms with Gasteiger partial charge in [0.15, 0.2) is 0 Å². The average molecular weight is 362 g/mol. The topological polar surface area (TPSA) is 86.3 Å². The molecule has 2 atom stereocenters. The van der Waals surface area contributed by atoms with E-state index < -0.39 is 17.1 Å². The van der Waals surface area contributed by atoms with E-state index in [-0.39, 0.29) is 37.6 Å². The molecule has 142 valence electrons. The number of piperidine rings is 1. The van der Waals surface area contributed by atoms with Crippen molar-refractivity contribution in [1.82, 2.24) is 18.6 Å². The molecular formula is C18H26N4O4. The smallest absolute Gasteiger partial charge is 0.336 e. The highest BCUT2D eigenvalue weighted by atomic mass is 16.2. The molecule has 8 nitrogen and oxygen atoms in total. The fourth-order valence-corrected chi connectivity index (χ4v) is 3.52. The molecule has 1 saturated heterocycles. The first-order valence-corrected chi connectivity index (χ1v) is 8.80. The Kier molecular flexibility index (Phi) is 6.18. The van der Waals surface area contributed by atoms with Crippen molar-refractivity contribution in [2.24, 2.45) is 0 Å². The molecule has 2 rings (SSSR count). The summed E-state index contributed by atoms with van der Waals surface area (Å²) < 4.78 is 2.62. The van der Waals surface area contributed by atoms with Gasteiger partial charge in [-0.25, -0.2) is 28.1 Å². The number of carbonyl (C=O) groups is 1. The van der Waals surface area contributed by atoms with Crippen molar-refractivity contribution in [3.63, 3.8) is 0 Å². The van der Waals surface area contributed by atoms with Crippen LogP contribution in [0.15, 0.2) is 39.7 Å². The molecule has 1 amide bonds. The van der Waals surface area contributed by atoms with Crippen molar-refractivity contribution in [3.8, 4) is 0 Å². The van der Waals surface area contributed by atoms with Gasteiger partial charge in [-0.1, -0.05) is 12.2 Å². The molecule has 0 radical (unpaired) electrons. The maximum absolute atomic E-state index is 12.8. The molecule has 0 aromatic carbocycles. The lowest BCUT2D eigenvalue weighted by Gasteiger charge is -2.39. The number of carbonyl (C=O) groups excluding carboxylic acids is 1. The van der Waals surface area contributed by atoms with E-state index >= 15 is 0 Å². The zero-order valence-corrected chi connectivity index (χ0v) is 15.4. The second kappa shape index (κ2) is 8.16. The minimum atomic E-state index is -0.800. The van der Waals surface area contributed by atoms with Crippen LogP contribution in [0.4, 0.5) is 0 Å². The van der Waals surface area contributed by atoms with Crippen LogP contribution < -0.4 is 17.1 Å². The van der Waals surface area contributed by atoms with E-state index in [1.54, 1.807) is 4.90 Å². The molecule has 2 heterocycles. The highest BCUT2D eigenvalue weighted by Crippen LogP contribution is 2.22. The predicted molar refractivity (Wildman–Crippen MR) is 99.2 cm³/mol. The molecular weight excluding hydrogens is 336 g/mol. The van der Waals surface area contributed by atoms with Gasteiger partial charge < -0.3 is 4.90 Å². The minimum Gasteiger partial charge on any atom is -0.336 e. The summed E-state index contributed by atoms with van der Waals surface area (Å²) in [6, 6.07) is 0.105. The van der Waals surface area contributed by atoms with E-state index in [1.165, 1.54) is 12.2 Å². The molecule has 1 aliphatic rings. The largest absolute Gasteiger partial charge is 0.337 e.